The molecule has 0 aliphatic heterocycles. The van der Waals surface area contributed by atoms with Crippen LogP contribution in [0.2, 0.25) is 0 Å². The number of carbonyl (C=O) groups is 1. The quantitative estimate of drug-likeness (QED) is 0.886. The largest absolute Gasteiger partial charge is 0.496 e. The van der Waals surface area contributed by atoms with Crippen molar-refractivity contribution in [1.29, 1.82) is 0 Å². The van der Waals surface area contributed by atoms with E-state index in [1.807, 2.05) is 25.1 Å². The van der Waals surface area contributed by atoms with Crippen LogP contribution in [0.3, 0.4) is 0 Å². The number of nitrogens with zero attached hydrogens (tertiary/aromatic N) is 2. The first-order valence-corrected chi connectivity index (χ1v) is 6.21. The smallest absolute Gasteiger partial charge is 0.271 e. The molecule has 0 unspecified atom stereocenters. The Kier molecular flexibility index (Phi) is 3.93. The lowest BCUT2D eigenvalue weighted by Gasteiger charge is -2.18. The number of aromatic amines is 1. The van der Waals surface area contributed by atoms with Crippen molar-refractivity contribution >= 4 is 11.7 Å². The number of ether oxygens (including phenoxy) is 1. The van der Waals surface area contributed by atoms with Crippen molar-refractivity contribution in [3.8, 4) is 5.75 Å². The number of nitrogen functional groups attached to an aromatic ring is 1. The third-order valence-corrected chi connectivity index (χ3v) is 3.02. The fourth-order valence-corrected chi connectivity index (χ4v) is 2.01. The van der Waals surface area contributed by atoms with E-state index in [1.165, 1.54) is 6.07 Å². The predicted octanol–water partition coefficient (Wildman–Crippen LogP) is 1.58. The van der Waals surface area contributed by atoms with Crippen molar-refractivity contribution in [3.63, 3.8) is 0 Å². The van der Waals surface area contributed by atoms with Gasteiger partial charge in [-0.3, -0.25) is 9.89 Å². The molecule has 0 spiro atoms. The number of amides is 1. The van der Waals surface area contributed by atoms with Crippen molar-refractivity contribution in [2.45, 2.75) is 13.5 Å². The number of benzene rings is 1. The third kappa shape index (κ3) is 2.90. The van der Waals surface area contributed by atoms with Gasteiger partial charge < -0.3 is 15.4 Å². The highest BCUT2D eigenvalue weighted by atomic mass is 16.5. The summed E-state index contributed by atoms with van der Waals surface area (Å²) in [5, 5.41) is 6.37. The van der Waals surface area contributed by atoms with E-state index in [4.69, 9.17) is 10.5 Å². The Labute approximate surface area is 117 Å². The van der Waals surface area contributed by atoms with Gasteiger partial charge >= 0.3 is 0 Å². The molecule has 0 aliphatic carbocycles. The van der Waals surface area contributed by atoms with Crippen molar-refractivity contribution in [3.05, 3.63) is 41.1 Å². The van der Waals surface area contributed by atoms with Crippen LogP contribution in [0.1, 0.15) is 21.6 Å². The van der Waals surface area contributed by atoms with E-state index in [-0.39, 0.29) is 5.91 Å². The summed E-state index contributed by atoms with van der Waals surface area (Å²) in [6.45, 7) is 2.45. The number of carbonyl (C=O) groups excluding carboxylic acids is 1. The summed E-state index contributed by atoms with van der Waals surface area (Å²) in [4.78, 5) is 13.8. The highest BCUT2D eigenvalue weighted by molar-refractivity contribution is 5.92. The molecule has 1 aromatic carbocycles. The van der Waals surface area contributed by atoms with E-state index in [9.17, 15) is 4.79 Å². The van der Waals surface area contributed by atoms with Gasteiger partial charge in [-0.1, -0.05) is 17.7 Å². The summed E-state index contributed by atoms with van der Waals surface area (Å²) in [7, 11) is 3.34. The van der Waals surface area contributed by atoms with E-state index in [2.05, 4.69) is 10.2 Å². The Balaban J connectivity index is 2.17. The molecular formula is C14H18N4O2. The van der Waals surface area contributed by atoms with Crippen molar-refractivity contribution < 1.29 is 9.53 Å². The zero-order chi connectivity index (χ0) is 14.7. The lowest BCUT2D eigenvalue weighted by Crippen LogP contribution is -2.26. The fraction of sp³-hybridized carbons (Fsp3) is 0.286. The van der Waals surface area contributed by atoms with Crippen LogP contribution < -0.4 is 10.5 Å². The molecular weight excluding hydrogens is 256 g/mol. The standard InChI is InChI=1S/C14H18N4O2/c1-9-4-5-12(20-3)10(6-9)8-18(2)14(19)11-7-13(15)17-16-11/h4-7H,8H2,1-3H3,(H3,15,16,17). The summed E-state index contributed by atoms with van der Waals surface area (Å²) >= 11 is 0. The molecule has 20 heavy (non-hydrogen) atoms. The van der Waals surface area contributed by atoms with E-state index in [1.54, 1.807) is 19.1 Å². The summed E-state index contributed by atoms with van der Waals surface area (Å²) in [6.07, 6.45) is 0. The number of aryl methyl sites for hydroxylation is 1. The number of nitrogens with one attached hydrogen (secondary N) is 1. The van der Waals surface area contributed by atoms with Crippen molar-refractivity contribution in [2.75, 3.05) is 19.9 Å². The summed E-state index contributed by atoms with van der Waals surface area (Å²) in [5.41, 5.74) is 7.95. The zero-order valence-electron chi connectivity index (χ0n) is 11.8. The van der Waals surface area contributed by atoms with Crippen LogP contribution in [0.5, 0.6) is 5.75 Å². The van der Waals surface area contributed by atoms with Gasteiger partial charge in [-0.05, 0) is 13.0 Å². The second-order valence-corrected chi connectivity index (χ2v) is 4.68. The number of methoxy groups -OCH3 is 1. The Morgan fingerprint density at radius 1 is 1.45 bits per heavy atom. The molecule has 0 saturated heterocycles. The number of anilines is 1. The van der Waals surface area contributed by atoms with Crippen LogP contribution in [0.4, 0.5) is 5.82 Å². The average Bonchev–Trinajstić information content (AvgIpc) is 2.84. The van der Waals surface area contributed by atoms with Gasteiger partial charge in [-0.25, -0.2) is 0 Å². The second kappa shape index (κ2) is 5.64. The van der Waals surface area contributed by atoms with Gasteiger partial charge in [0.15, 0.2) is 0 Å². The predicted molar refractivity (Wildman–Crippen MR) is 76.5 cm³/mol. The molecule has 2 aromatic rings. The highest BCUT2D eigenvalue weighted by Gasteiger charge is 2.16. The zero-order valence-corrected chi connectivity index (χ0v) is 11.8. The molecule has 0 radical (unpaired) electrons. The first kappa shape index (κ1) is 13.9. The number of rotatable bonds is 4. The topological polar surface area (TPSA) is 84.2 Å². The minimum absolute atomic E-state index is 0.169. The molecule has 106 valence electrons. The number of hydrogen-bond donors (Lipinski definition) is 2. The minimum atomic E-state index is -0.169. The normalized spacial score (nSPS) is 10.3. The second-order valence-electron chi connectivity index (χ2n) is 4.68. The van der Waals surface area contributed by atoms with Gasteiger partial charge in [0, 0.05) is 25.2 Å². The molecule has 1 amide bonds. The molecule has 1 aromatic heterocycles. The number of aromatic nitrogens is 2. The SMILES string of the molecule is COc1ccc(C)cc1CN(C)C(=O)c1cc(N)n[nH]1. The number of H-pyrrole nitrogens is 1. The van der Waals surface area contributed by atoms with Crippen LogP contribution in [-0.2, 0) is 6.54 Å². The Hall–Kier alpha value is -2.50. The van der Waals surface area contributed by atoms with E-state index in [0.717, 1.165) is 16.9 Å². The first-order valence-electron chi connectivity index (χ1n) is 6.21. The molecule has 6 heteroatoms. The van der Waals surface area contributed by atoms with Gasteiger partial charge in [0.05, 0.1) is 7.11 Å². The average molecular weight is 274 g/mol. The van der Waals surface area contributed by atoms with Crippen molar-refractivity contribution in [2.24, 2.45) is 0 Å². The molecule has 1 heterocycles. The fourth-order valence-electron chi connectivity index (χ4n) is 2.01. The lowest BCUT2D eigenvalue weighted by atomic mass is 10.1. The van der Waals surface area contributed by atoms with Gasteiger partial charge in [0.25, 0.3) is 5.91 Å². The molecule has 2 rings (SSSR count). The van der Waals surface area contributed by atoms with Crippen LogP contribution in [-0.4, -0.2) is 35.2 Å². The van der Waals surface area contributed by atoms with Crippen molar-refractivity contribution in [1.82, 2.24) is 15.1 Å². The molecule has 0 bridgehead atoms. The molecule has 0 fully saturated rings. The van der Waals surface area contributed by atoms with E-state index in [0.29, 0.717) is 18.1 Å². The molecule has 0 atom stereocenters. The maximum absolute atomic E-state index is 12.2. The summed E-state index contributed by atoms with van der Waals surface area (Å²) < 4.78 is 5.31. The van der Waals surface area contributed by atoms with E-state index >= 15 is 0 Å². The van der Waals surface area contributed by atoms with Gasteiger partial charge in [-0.2, -0.15) is 5.10 Å². The van der Waals surface area contributed by atoms with E-state index < -0.39 is 0 Å². The third-order valence-electron chi connectivity index (χ3n) is 3.02. The van der Waals surface area contributed by atoms with Crippen LogP contribution in [0, 0.1) is 6.92 Å². The van der Waals surface area contributed by atoms with Gasteiger partial charge in [0.1, 0.15) is 17.3 Å². The number of nitrogens with two attached hydrogens (primary N) is 1. The van der Waals surface area contributed by atoms with Crippen LogP contribution >= 0.6 is 0 Å². The monoisotopic (exact) mass is 274 g/mol. The number of hydrogen-bond acceptors (Lipinski definition) is 4. The van der Waals surface area contributed by atoms with Crippen LogP contribution in [0.15, 0.2) is 24.3 Å². The first-order chi connectivity index (χ1) is 9.51. The Morgan fingerprint density at radius 2 is 2.20 bits per heavy atom. The van der Waals surface area contributed by atoms with Gasteiger partial charge in [-0.15, -0.1) is 0 Å². The Morgan fingerprint density at radius 3 is 2.80 bits per heavy atom. The Bertz CT molecular complexity index is 621. The molecule has 6 nitrogen and oxygen atoms in total. The minimum Gasteiger partial charge on any atom is -0.496 e. The lowest BCUT2D eigenvalue weighted by molar-refractivity contribution is 0.0778. The van der Waals surface area contributed by atoms with Crippen LogP contribution in [0.25, 0.3) is 0 Å². The summed E-state index contributed by atoms with van der Waals surface area (Å²) in [6, 6.07) is 7.40. The maximum Gasteiger partial charge on any atom is 0.271 e. The maximum atomic E-state index is 12.2. The highest BCUT2D eigenvalue weighted by Crippen LogP contribution is 2.21. The molecule has 0 aliphatic rings. The summed E-state index contributed by atoms with van der Waals surface area (Å²) in [5.74, 6) is 0.895. The molecule has 3 N–H and O–H groups in total. The van der Waals surface area contributed by atoms with Gasteiger partial charge in [0.2, 0.25) is 0 Å². The molecule has 0 saturated carbocycles.